The molecule has 25 heavy (non-hydrogen) atoms. The van der Waals surface area contributed by atoms with Gasteiger partial charge in [0, 0.05) is 18.8 Å². The average molecular weight is 334 g/mol. The van der Waals surface area contributed by atoms with E-state index in [1.54, 1.807) is 16.6 Å². The van der Waals surface area contributed by atoms with Crippen LogP contribution in [-0.4, -0.2) is 40.9 Å². The van der Waals surface area contributed by atoms with E-state index in [0.29, 0.717) is 11.5 Å². The van der Waals surface area contributed by atoms with Crippen LogP contribution < -0.4 is 10.2 Å². The maximum Gasteiger partial charge on any atom is 0.247 e. The number of ether oxygens (including phenoxy) is 1. The normalized spacial score (nSPS) is 14.5. The van der Waals surface area contributed by atoms with E-state index in [2.05, 4.69) is 33.3 Å². The van der Waals surface area contributed by atoms with Gasteiger partial charge in [0.1, 0.15) is 0 Å². The molecule has 0 unspecified atom stereocenters. The van der Waals surface area contributed by atoms with Crippen molar-refractivity contribution in [1.29, 1.82) is 5.26 Å². The quantitative estimate of drug-likeness (QED) is 0.793. The van der Waals surface area contributed by atoms with Gasteiger partial charge >= 0.3 is 0 Å². The summed E-state index contributed by atoms with van der Waals surface area (Å²) in [4.78, 5) is 6.84. The van der Waals surface area contributed by atoms with Crippen molar-refractivity contribution in [2.45, 2.75) is 6.92 Å². The SMILES string of the molecule is Cc1cc2nc(Nc3ccc(C#N)cc3)nn2cc1N1CCOCC1. The number of nitriles is 1. The van der Waals surface area contributed by atoms with Crippen LogP contribution >= 0.6 is 0 Å². The number of aromatic nitrogens is 3. The van der Waals surface area contributed by atoms with Crippen LogP contribution in [0.15, 0.2) is 36.5 Å². The second kappa shape index (κ2) is 6.42. The molecular weight excluding hydrogens is 316 g/mol. The van der Waals surface area contributed by atoms with Crippen molar-refractivity contribution in [2.75, 3.05) is 36.5 Å². The van der Waals surface area contributed by atoms with E-state index in [0.717, 1.165) is 43.3 Å². The predicted molar refractivity (Wildman–Crippen MR) is 95.2 cm³/mol. The third kappa shape index (κ3) is 3.12. The predicted octanol–water partition coefficient (Wildman–Crippen LogP) is 2.49. The molecule has 0 amide bonds. The third-order valence-electron chi connectivity index (χ3n) is 4.27. The smallest absolute Gasteiger partial charge is 0.247 e. The molecule has 0 bridgehead atoms. The summed E-state index contributed by atoms with van der Waals surface area (Å²) in [5.41, 5.74) is 4.60. The zero-order valence-corrected chi connectivity index (χ0v) is 13.9. The van der Waals surface area contributed by atoms with Gasteiger partial charge in [0.15, 0.2) is 5.65 Å². The first-order valence-electron chi connectivity index (χ1n) is 8.20. The Kier molecular flexibility index (Phi) is 3.96. The van der Waals surface area contributed by atoms with E-state index >= 15 is 0 Å². The number of nitrogens with one attached hydrogen (secondary N) is 1. The lowest BCUT2D eigenvalue weighted by molar-refractivity contribution is 0.122. The fourth-order valence-electron chi connectivity index (χ4n) is 2.96. The minimum Gasteiger partial charge on any atom is -0.378 e. The highest BCUT2D eigenvalue weighted by Gasteiger charge is 2.15. The number of aryl methyl sites for hydroxylation is 1. The summed E-state index contributed by atoms with van der Waals surface area (Å²) in [5.74, 6) is 0.531. The molecule has 7 nitrogen and oxygen atoms in total. The summed E-state index contributed by atoms with van der Waals surface area (Å²) in [7, 11) is 0. The van der Waals surface area contributed by atoms with Crippen LogP contribution in [0.3, 0.4) is 0 Å². The largest absolute Gasteiger partial charge is 0.378 e. The Labute approximate surface area is 145 Å². The number of hydrogen-bond donors (Lipinski definition) is 1. The Balaban J connectivity index is 1.62. The molecule has 4 rings (SSSR count). The van der Waals surface area contributed by atoms with Gasteiger partial charge in [0.25, 0.3) is 0 Å². The first kappa shape index (κ1) is 15.4. The fourth-order valence-corrected chi connectivity index (χ4v) is 2.96. The van der Waals surface area contributed by atoms with Gasteiger partial charge in [-0.15, -0.1) is 5.10 Å². The molecule has 2 aromatic heterocycles. The molecule has 1 aliphatic heterocycles. The molecule has 0 spiro atoms. The standard InChI is InChI=1S/C18H18N6O/c1-13-10-17-21-18(20-15-4-2-14(11-19)3-5-15)22-24(17)12-16(13)23-6-8-25-9-7-23/h2-5,10,12H,6-9H2,1H3,(H,20,22). The third-order valence-corrected chi connectivity index (χ3v) is 4.27. The van der Waals surface area contributed by atoms with Crippen LogP contribution in [0, 0.1) is 18.3 Å². The zero-order chi connectivity index (χ0) is 17.2. The van der Waals surface area contributed by atoms with Crippen molar-refractivity contribution in [2.24, 2.45) is 0 Å². The maximum absolute atomic E-state index is 8.86. The van der Waals surface area contributed by atoms with E-state index in [-0.39, 0.29) is 0 Å². The minimum atomic E-state index is 0.531. The van der Waals surface area contributed by atoms with E-state index in [1.807, 2.05) is 24.4 Å². The second-order valence-corrected chi connectivity index (χ2v) is 5.99. The molecule has 0 radical (unpaired) electrons. The highest BCUT2D eigenvalue weighted by Crippen LogP contribution is 2.23. The Bertz CT molecular complexity index is 935. The van der Waals surface area contributed by atoms with Crippen LogP contribution in [0.4, 0.5) is 17.3 Å². The molecule has 1 aliphatic rings. The molecule has 1 fully saturated rings. The lowest BCUT2D eigenvalue weighted by atomic mass is 10.2. The number of anilines is 3. The summed E-state index contributed by atoms with van der Waals surface area (Å²) in [5, 5.41) is 16.6. The number of morpholine rings is 1. The maximum atomic E-state index is 8.86. The highest BCUT2D eigenvalue weighted by atomic mass is 16.5. The number of hydrogen-bond acceptors (Lipinski definition) is 6. The van der Waals surface area contributed by atoms with E-state index < -0.39 is 0 Å². The lowest BCUT2D eigenvalue weighted by Crippen LogP contribution is -2.36. The van der Waals surface area contributed by atoms with Crippen LogP contribution in [0.2, 0.25) is 0 Å². The van der Waals surface area contributed by atoms with E-state index in [1.165, 1.54) is 5.56 Å². The van der Waals surface area contributed by atoms with Crippen molar-refractivity contribution >= 4 is 23.0 Å². The Morgan fingerprint density at radius 1 is 1.20 bits per heavy atom. The number of rotatable bonds is 3. The Morgan fingerprint density at radius 2 is 1.96 bits per heavy atom. The Morgan fingerprint density at radius 3 is 2.68 bits per heavy atom. The Hall–Kier alpha value is -3.11. The summed E-state index contributed by atoms with van der Waals surface area (Å²) >= 11 is 0. The number of fused-ring (bicyclic) bond motifs is 1. The first-order chi connectivity index (χ1) is 12.2. The van der Waals surface area contributed by atoms with Gasteiger partial charge in [0.05, 0.1) is 36.7 Å². The van der Waals surface area contributed by atoms with Crippen molar-refractivity contribution in [3.63, 3.8) is 0 Å². The molecule has 7 heteroatoms. The molecule has 1 aromatic carbocycles. The first-order valence-corrected chi connectivity index (χ1v) is 8.20. The van der Waals surface area contributed by atoms with Crippen LogP contribution in [-0.2, 0) is 4.74 Å². The zero-order valence-electron chi connectivity index (χ0n) is 13.9. The number of benzene rings is 1. The van der Waals surface area contributed by atoms with Gasteiger partial charge in [0.2, 0.25) is 5.95 Å². The van der Waals surface area contributed by atoms with Gasteiger partial charge in [-0.1, -0.05) is 0 Å². The van der Waals surface area contributed by atoms with Crippen molar-refractivity contribution < 1.29 is 4.74 Å². The monoisotopic (exact) mass is 334 g/mol. The van der Waals surface area contributed by atoms with Crippen LogP contribution in [0.25, 0.3) is 5.65 Å². The number of nitrogens with zero attached hydrogens (tertiary/aromatic N) is 5. The summed E-state index contributed by atoms with van der Waals surface area (Å²) in [6, 6.07) is 11.4. The highest BCUT2D eigenvalue weighted by molar-refractivity contribution is 5.61. The van der Waals surface area contributed by atoms with Crippen molar-refractivity contribution in [3.8, 4) is 6.07 Å². The van der Waals surface area contributed by atoms with Crippen LogP contribution in [0.5, 0.6) is 0 Å². The van der Waals surface area contributed by atoms with Crippen molar-refractivity contribution in [1.82, 2.24) is 14.6 Å². The second-order valence-electron chi connectivity index (χ2n) is 5.99. The summed E-state index contributed by atoms with van der Waals surface area (Å²) in [6.45, 7) is 5.36. The molecule has 1 N–H and O–H groups in total. The number of pyridine rings is 1. The molecule has 3 aromatic rings. The molecule has 0 aliphatic carbocycles. The van der Waals surface area contributed by atoms with Crippen molar-refractivity contribution in [3.05, 3.63) is 47.7 Å². The van der Waals surface area contributed by atoms with Crippen LogP contribution in [0.1, 0.15) is 11.1 Å². The minimum absolute atomic E-state index is 0.531. The van der Waals surface area contributed by atoms with E-state index in [9.17, 15) is 0 Å². The molecule has 1 saturated heterocycles. The van der Waals surface area contributed by atoms with Gasteiger partial charge in [-0.25, -0.2) is 4.52 Å². The average Bonchev–Trinajstić information content (AvgIpc) is 3.03. The summed E-state index contributed by atoms with van der Waals surface area (Å²) < 4.78 is 7.22. The molecule has 126 valence electrons. The van der Waals surface area contributed by atoms with Gasteiger partial charge in [-0.05, 0) is 42.8 Å². The molecule has 0 saturated carbocycles. The molecular formula is C18H18N6O. The van der Waals surface area contributed by atoms with Gasteiger partial charge < -0.3 is 15.0 Å². The molecule has 3 heterocycles. The fraction of sp³-hybridized carbons (Fsp3) is 0.278. The lowest BCUT2D eigenvalue weighted by Gasteiger charge is -2.29. The van der Waals surface area contributed by atoms with Gasteiger partial charge in [-0.2, -0.15) is 10.2 Å². The topological polar surface area (TPSA) is 78.5 Å². The molecule has 0 atom stereocenters. The summed E-state index contributed by atoms with van der Waals surface area (Å²) in [6.07, 6.45) is 2.02. The van der Waals surface area contributed by atoms with Gasteiger partial charge in [-0.3, -0.25) is 0 Å². The van der Waals surface area contributed by atoms with E-state index in [4.69, 9.17) is 10.00 Å².